The Morgan fingerprint density at radius 3 is 2.81 bits per heavy atom. The number of aromatic nitrogens is 4. The van der Waals surface area contributed by atoms with Gasteiger partial charge in [0.25, 0.3) is 5.56 Å². The number of amides is 1. The summed E-state index contributed by atoms with van der Waals surface area (Å²) in [6.45, 7) is 8.21. The molecule has 1 amide bonds. The molecule has 1 atom stereocenters. The molecule has 2 aliphatic rings. The maximum absolute atomic E-state index is 13.4. The molecule has 10 heteroatoms. The molecule has 2 aromatic heterocycles. The number of fused-ring (bicyclic) bond motifs is 2. The zero-order chi connectivity index (χ0) is 26.3. The second kappa shape index (κ2) is 9.51. The van der Waals surface area contributed by atoms with E-state index in [0.29, 0.717) is 17.0 Å². The van der Waals surface area contributed by atoms with Crippen LogP contribution in [-0.4, -0.2) is 56.8 Å². The fourth-order valence-corrected chi connectivity index (χ4v) is 5.02. The summed E-state index contributed by atoms with van der Waals surface area (Å²) in [5.74, 6) is 0.114. The summed E-state index contributed by atoms with van der Waals surface area (Å²) < 4.78 is 3.16. The Hall–Kier alpha value is -3.92. The van der Waals surface area contributed by atoms with Gasteiger partial charge in [0.15, 0.2) is 5.65 Å². The van der Waals surface area contributed by atoms with Crippen molar-refractivity contribution in [2.24, 2.45) is 5.41 Å². The van der Waals surface area contributed by atoms with Gasteiger partial charge in [0.1, 0.15) is 11.9 Å². The Bertz CT molecular complexity index is 1470. The molecule has 0 aliphatic carbocycles. The van der Waals surface area contributed by atoms with Crippen LogP contribution in [0, 0.1) is 5.41 Å². The molecule has 3 N–H and O–H groups in total. The van der Waals surface area contributed by atoms with E-state index in [-0.39, 0.29) is 29.5 Å². The lowest BCUT2D eigenvalue weighted by atomic mass is 9.84. The molecule has 0 saturated carbocycles. The first-order chi connectivity index (χ1) is 17.7. The van der Waals surface area contributed by atoms with Gasteiger partial charge in [-0.2, -0.15) is 4.98 Å². The molecule has 0 spiro atoms. The number of hydrogen-bond donors (Lipinski definition) is 3. The lowest BCUT2D eigenvalue weighted by Gasteiger charge is -2.38. The highest BCUT2D eigenvalue weighted by atomic mass is 16.2. The summed E-state index contributed by atoms with van der Waals surface area (Å²) in [5, 5.41) is 9.66. The molecular formula is C27H34N8O2. The number of nitrogens with one attached hydrogen (secondary N) is 3. The van der Waals surface area contributed by atoms with E-state index < -0.39 is 0 Å². The fourth-order valence-electron chi connectivity index (χ4n) is 5.02. The zero-order valence-corrected chi connectivity index (χ0v) is 22.0. The number of rotatable bonds is 5. The Morgan fingerprint density at radius 2 is 2.05 bits per heavy atom. The smallest absolute Gasteiger partial charge is 0.278 e. The maximum atomic E-state index is 13.4. The van der Waals surface area contributed by atoms with Gasteiger partial charge in [-0.15, -0.1) is 0 Å². The van der Waals surface area contributed by atoms with Crippen molar-refractivity contribution >= 4 is 34.3 Å². The van der Waals surface area contributed by atoms with E-state index in [1.165, 1.54) is 22.0 Å². The van der Waals surface area contributed by atoms with E-state index in [9.17, 15) is 9.59 Å². The fraction of sp³-hybridized carbons (Fsp3) is 0.407. The molecule has 0 bridgehead atoms. The zero-order valence-electron chi connectivity index (χ0n) is 22.0. The third-order valence-electron chi connectivity index (χ3n) is 6.98. The van der Waals surface area contributed by atoms with Crippen LogP contribution < -0.4 is 21.5 Å². The van der Waals surface area contributed by atoms with Gasteiger partial charge in [-0.1, -0.05) is 26.8 Å². The van der Waals surface area contributed by atoms with Crippen molar-refractivity contribution in [3.8, 4) is 0 Å². The summed E-state index contributed by atoms with van der Waals surface area (Å²) in [5.41, 5.74) is 4.35. The molecule has 5 rings (SSSR count). The molecule has 10 nitrogen and oxygen atoms in total. The van der Waals surface area contributed by atoms with E-state index in [4.69, 9.17) is 4.98 Å². The van der Waals surface area contributed by atoms with Crippen molar-refractivity contribution in [1.29, 1.82) is 0 Å². The normalized spacial score (nSPS) is 17.5. The summed E-state index contributed by atoms with van der Waals surface area (Å²) >= 11 is 0. The standard InChI is InChI=1S/C27H34N8O2/c1-27(2,3)22-13-20(9-11-33(22)5)35-24-21(25(37)34(35)16-23(36)28-4)15-30-26(32-24)31-19-7-6-18-14-29-10-8-17(18)12-19/h6-7,9,11-13,15,22,29H,8,10,14,16H2,1-5H3,(H,28,36)(H,30,31,32). The van der Waals surface area contributed by atoms with Crippen molar-refractivity contribution in [1.82, 2.24) is 34.9 Å². The van der Waals surface area contributed by atoms with Gasteiger partial charge in [-0.3, -0.25) is 9.59 Å². The predicted molar refractivity (Wildman–Crippen MR) is 145 cm³/mol. The quantitative estimate of drug-likeness (QED) is 0.492. The van der Waals surface area contributed by atoms with Crippen LogP contribution in [0.15, 0.2) is 47.5 Å². The molecule has 2 aliphatic heterocycles. The van der Waals surface area contributed by atoms with Crippen molar-refractivity contribution in [2.75, 3.05) is 26.0 Å². The number of benzene rings is 1. The van der Waals surface area contributed by atoms with Crippen molar-refractivity contribution in [3.63, 3.8) is 0 Å². The molecule has 0 radical (unpaired) electrons. The largest absolute Gasteiger partial charge is 0.373 e. The summed E-state index contributed by atoms with van der Waals surface area (Å²) in [6, 6.07) is 6.33. The van der Waals surface area contributed by atoms with Gasteiger partial charge in [-0.05, 0) is 53.8 Å². The Morgan fingerprint density at radius 1 is 1.24 bits per heavy atom. The van der Waals surface area contributed by atoms with Gasteiger partial charge in [-0.25, -0.2) is 14.3 Å². The average molecular weight is 503 g/mol. The highest BCUT2D eigenvalue weighted by Gasteiger charge is 2.29. The van der Waals surface area contributed by atoms with Gasteiger partial charge in [0, 0.05) is 38.7 Å². The highest BCUT2D eigenvalue weighted by molar-refractivity contribution is 5.82. The molecule has 0 saturated heterocycles. The first kappa shape index (κ1) is 24.8. The van der Waals surface area contributed by atoms with E-state index in [1.807, 2.05) is 25.4 Å². The number of nitrogens with zero attached hydrogens (tertiary/aromatic N) is 5. The number of carbonyl (C=O) groups is 1. The van der Waals surface area contributed by atoms with Gasteiger partial charge in [0.2, 0.25) is 11.9 Å². The third-order valence-corrected chi connectivity index (χ3v) is 6.98. The summed E-state index contributed by atoms with van der Waals surface area (Å²) in [6.07, 6.45) is 8.55. The Balaban J connectivity index is 1.62. The van der Waals surface area contributed by atoms with Gasteiger partial charge in [0.05, 0.1) is 11.7 Å². The molecule has 1 aromatic carbocycles. The van der Waals surface area contributed by atoms with Crippen molar-refractivity contribution < 1.29 is 4.79 Å². The topological polar surface area (TPSA) is 109 Å². The summed E-state index contributed by atoms with van der Waals surface area (Å²) in [4.78, 5) is 37.1. The first-order valence-electron chi connectivity index (χ1n) is 12.6. The molecule has 0 fully saturated rings. The van der Waals surface area contributed by atoms with Crippen LogP contribution in [0.25, 0.3) is 16.7 Å². The summed E-state index contributed by atoms with van der Waals surface area (Å²) in [7, 11) is 3.59. The van der Waals surface area contributed by atoms with Crippen LogP contribution in [0.4, 0.5) is 11.6 Å². The molecule has 4 heterocycles. The Labute approximate surface area is 216 Å². The van der Waals surface area contributed by atoms with Crippen LogP contribution in [0.1, 0.15) is 31.9 Å². The third kappa shape index (κ3) is 4.76. The first-order valence-corrected chi connectivity index (χ1v) is 12.6. The lowest BCUT2D eigenvalue weighted by molar-refractivity contribution is -0.121. The van der Waals surface area contributed by atoms with E-state index in [2.05, 4.69) is 64.8 Å². The van der Waals surface area contributed by atoms with Crippen LogP contribution in [0.2, 0.25) is 0 Å². The molecule has 3 aromatic rings. The molecular weight excluding hydrogens is 468 g/mol. The SMILES string of the molecule is CNC(=O)Cn1c(=O)c2cnc(Nc3ccc4c(c3)CCNC4)nc2n1C1=CC(C(C)(C)C)N(C)C=C1. The van der Waals surface area contributed by atoms with E-state index in [0.717, 1.165) is 30.9 Å². The van der Waals surface area contributed by atoms with Crippen LogP contribution in [0.5, 0.6) is 0 Å². The Kier molecular flexibility index (Phi) is 6.36. The van der Waals surface area contributed by atoms with E-state index in [1.54, 1.807) is 11.7 Å². The van der Waals surface area contributed by atoms with Crippen molar-refractivity contribution in [3.05, 3.63) is 64.2 Å². The minimum atomic E-state index is -0.313. The number of allylic oxidation sites excluding steroid dienone is 2. The minimum Gasteiger partial charge on any atom is -0.373 e. The van der Waals surface area contributed by atoms with Crippen LogP contribution in [0.3, 0.4) is 0 Å². The molecule has 37 heavy (non-hydrogen) atoms. The van der Waals surface area contributed by atoms with Crippen LogP contribution >= 0.6 is 0 Å². The van der Waals surface area contributed by atoms with E-state index >= 15 is 0 Å². The number of anilines is 2. The maximum Gasteiger partial charge on any atom is 0.278 e. The van der Waals surface area contributed by atoms with Crippen molar-refractivity contribution in [2.45, 2.75) is 46.3 Å². The van der Waals surface area contributed by atoms with Gasteiger partial charge >= 0.3 is 0 Å². The van der Waals surface area contributed by atoms with Crippen LogP contribution in [-0.2, 0) is 24.3 Å². The minimum absolute atomic E-state index is 0.0523. The predicted octanol–water partition coefficient (Wildman–Crippen LogP) is 2.44. The number of hydrogen-bond acceptors (Lipinski definition) is 7. The second-order valence-electron chi connectivity index (χ2n) is 10.7. The average Bonchev–Trinajstić information content (AvgIpc) is 3.14. The number of carbonyl (C=O) groups excluding carboxylic acids is 1. The molecule has 1 unspecified atom stereocenters. The second-order valence-corrected chi connectivity index (χ2v) is 10.7. The number of likely N-dealkylation sites (N-methyl/N-ethyl adjacent to an activating group) is 2. The highest BCUT2D eigenvalue weighted by Crippen LogP contribution is 2.31. The monoisotopic (exact) mass is 502 g/mol. The molecule has 194 valence electrons. The van der Waals surface area contributed by atoms with Gasteiger partial charge < -0.3 is 20.9 Å². The lowest BCUT2D eigenvalue weighted by Crippen LogP contribution is -2.39.